The monoisotopic (exact) mass is 402 g/mol. The van der Waals surface area contributed by atoms with Crippen LogP contribution in [-0.4, -0.2) is 67.8 Å². The number of carbonyl (C=O) groups excluding carboxylic acids is 3. The number of rotatable bonds is 6. The van der Waals surface area contributed by atoms with Gasteiger partial charge in [0.25, 0.3) is 0 Å². The van der Waals surface area contributed by atoms with Crippen LogP contribution < -0.4 is 16.4 Å². The van der Waals surface area contributed by atoms with Gasteiger partial charge < -0.3 is 21.3 Å². The molecule has 0 spiro atoms. The van der Waals surface area contributed by atoms with Crippen LogP contribution >= 0.6 is 0 Å². The fraction of sp³-hybridized carbons (Fsp3) is 0.824. The molecule has 0 aromatic rings. The number of primary amides is 1. The highest BCUT2D eigenvalue weighted by atomic mass is 32.2. The molecule has 27 heavy (non-hydrogen) atoms. The summed E-state index contributed by atoms with van der Waals surface area (Å²) in [4.78, 5) is 38.2. The van der Waals surface area contributed by atoms with E-state index >= 15 is 0 Å². The minimum Gasteiger partial charge on any atom is -0.369 e. The van der Waals surface area contributed by atoms with Gasteiger partial charge in [0, 0.05) is 25.0 Å². The van der Waals surface area contributed by atoms with Crippen LogP contribution in [-0.2, 0) is 19.4 Å². The van der Waals surface area contributed by atoms with Gasteiger partial charge in [0.15, 0.2) is 9.84 Å². The highest BCUT2D eigenvalue weighted by molar-refractivity contribution is 7.91. The maximum Gasteiger partial charge on any atom is 0.315 e. The molecule has 4 N–H and O–H groups in total. The Bertz CT molecular complexity index is 673. The summed E-state index contributed by atoms with van der Waals surface area (Å²) in [5.74, 6) is -0.809. The van der Waals surface area contributed by atoms with Gasteiger partial charge in [0.1, 0.15) is 6.04 Å². The number of amides is 4. The molecule has 2 fully saturated rings. The molecule has 3 atom stereocenters. The number of piperidine rings is 1. The van der Waals surface area contributed by atoms with Gasteiger partial charge in [-0.15, -0.1) is 0 Å². The number of nitrogens with two attached hydrogens (primary N) is 1. The lowest BCUT2D eigenvalue weighted by Gasteiger charge is -2.35. The van der Waals surface area contributed by atoms with Crippen LogP contribution in [0.2, 0.25) is 0 Å². The van der Waals surface area contributed by atoms with Crippen molar-refractivity contribution in [3.05, 3.63) is 0 Å². The Labute approximate surface area is 160 Å². The van der Waals surface area contributed by atoms with Gasteiger partial charge in [-0.25, -0.2) is 13.2 Å². The average molecular weight is 403 g/mol. The Morgan fingerprint density at radius 1 is 1.19 bits per heavy atom. The van der Waals surface area contributed by atoms with E-state index in [1.807, 2.05) is 13.8 Å². The van der Waals surface area contributed by atoms with E-state index in [4.69, 9.17) is 5.73 Å². The molecule has 2 aliphatic rings. The van der Waals surface area contributed by atoms with Crippen molar-refractivity contribution in [2.24, 2.45) is 17.6 Å². The summed E-state index contributed by atoms with van der Waals surface area (Å²) in [6, 6.07) is -1.64. The summed E-state index contributed by atoms with van der Waals surface area (Å²) in [6.07, 6.45) is 2.14. The van der Waals surface area contributed by atoms with E-state index in [1.165, 1.54) is 0 Å². The largest absolute Gasteiger partial charge is 0.369 e. The number of carbonyl (C=O) groups is 3. The Morgan fingerprint density at radius 3 is 2.30 bits per heavy atom. The second kappa shape index (κ2) is 8.90. The second-order valence-corrected chi connectivity index (χ2v) is 9.81. The molecule has 4 amide bonds. The second-order valence-electron chi connectivity index (χ2n) is 7.58. The predicted molar refractivity (Wildman–Crippen MR) is 100 cm³/mol. The van der Waals surface area contributed by atoms with Crippen LogP contribution in [0.25, 0.3) is 0 Å². The maximum absolute atomic E-state index is 12.9. The molecule has 9 nitrogen and oxygen atoms in total. The van der Waals surface area contributed by atoms with Crippen molar-refractivity contribution in [3.63, 3.8) is 0 Å². The Balaban J connectivity index is 1.95. The minimum atomic E-state index is -3.09. The van der Waals surface area contributed by atoms with Crippen molar-refractivity contribution in [2.45, 2.75) is 51.6 Å². The van der Waals surface area contributed by atoms with Gasteiger partial charge in [0.05, 0.1) is 11.5 Å². The third-order valence-electron chi connectivity index (χ3n) is 5.54. The van der Waals surface area contributed by atoms with Crippen molar-refractivity contribution >= 4 is 27.7 Å². The predicted octanol–water partition coefficient (Wildman–Crippen LogP) is -0.389. The number of nitrogens with zero attached hydrogens (tertiary/aromatic N) is 1. The molecule has 10 heteroatoms. The first kappa shape index (κ1) is 21.5. The molecule has 0 saturated carbocycles. The molecule has 2 heterocycles. The molecule has 2 saturated heterocycles. The minimum absolute atomic E-state index is 0.0665. The molecule has 154 valence electrons. The Morgan fingerprint density at radius 2 is 1.81 bits per heavy atom. The summed E-state index contributed by atoms with van der Waals surface area (Å²) >= 11 is 0. The van der Waals surface area contributed by atoms with Crippen LogP contribution in [0.1, 0.15) is 39.5 Å². The van der Waals surface area contributed by atoms with E-state index in [1.54, 1.807) is 4.90 Å². The van der Waals surface area contributed by atoms with Gasteiger partial charge >= 0.3 is 6.03 Å². The smallest absolute Gasteiger partial charge is 0.315 e. The Kier molecular flexibility index (Phi) is 7.07. The molecule has 0 aromatic carbocycles. The van der Waals surface area contributed by atoms with Gasteiger partial charge in [0.2, 0.25) is 11.8 Å². The molecule has 0 aromatic heterocycles. The zero-order chi connectivity index (χ0) is 20.2. The summed E-state index contributed by atoms with van der Waals surface area (Å²) in [6.45, 7) is 4.69. The average Bonchev–Trinajstić information content (AvgIpc) is 2.96. The first-order valence-electron chi connectivity index (χ1n) is 9.48. The summed E-state index contributed by atoms with van der Waals surface area (Å²) in [5, 5.41) is 5.39. The molecule has 0 radical (unpaired) electrons. The quantitative estimate of drug-likeness (QED) is 0.555. The molecule has 2 rings (SSSR count). The number of sulfone groups is 1. The van der Waals surface area contributed by atoms with E-state index in [0.717, 1.165) is 0 Å². The molecule has 1 unspecified atom stereocenters. The molecular formula is C17H30N4O5S. The lowest BCUT2D eigenvalue weighted by atomic mass is 9.93. The first-order valence-corrected chi connectivity index (χ1v) is 11.3. The number of likely N-dealkylation sites (tertiary alicyclic amines) is 1. The fourth-order valence-electron chi connectivity index (χ4n) is 3.54. The third kappa shape index (κ3) is 5.82. The van der Waals surface area contributed by atoms with Crippen LogP contribution in [0, 0.1) is 11.8 Å². The van der Waals surface area contributed by atoms with E-state index in [0.29, 0.717) is 38.8 Å². The van der Waals surface area contributed by atoms with Gasteiger partial charge in [-0.2, -0.15) is 0 Å². The highest BCUT2D eigenvalue weighted by Gasteiger charge is 2.34. The number of urea groups is 1. The van der Waals surface area contributed by atoms with E-state index < -0.39 is 28.0 Å². The summed E-state index contributed by atoms with van der Waals surface area (Å²) < 4.78 is 23.0. The number of hydrogen-bond acceptors (Lipinski definition) is 5. The SMILES string of the molecule is CC[C@H](C)[C@@H](NC(=O)NC1CCS(=O)(=O)C1)C(=O)N1CCC(C(N)=O)CC1. The summed E-state index contributed by atoms with van der Waals surface area (Å²) in [5.41, 5.74) is 5.33. The van der Waals surface area contributed by atoms with Crippen molar-refractivity contribution in [1.29, 1.82) is 0 Å². The van der Waals surface area contributed by atoms with E-state index in [9.17, 15) is 22.8 Å². The number of nitrogens with one attached hydrogen (secondary N) is 2. The zero-order valence-corrected chi connectivity index (χ0v) is 16.8. The summed E-state index contributed by atoms with van der Waals surface area (Å²) in [7, 11) is -3.09. The maximum atomic E-state index is 12.9. The topological polar surface area (TPSA) is 139 Å². The van der Waals surface area contributed by atoms with Crippen molar-refractivity contribution in [3.8, 4) is 0 Å². The zero-order valence-electron chi connectivity index (χ0n) is 15.9. The van der Waals surface area contributed by atoms with Gasteiger partial charge in [-0.05, 0) is 25.2 Å². The first-order chi connectivity index (χ1) is 12.6. The molecular weight excluding hydrogens is 372 g/mol. The molecule has 0 bridgehead atoms. The molecule has 0 aliphatic carbocycles. The standard InChI is InChI=1S/C17H30N4O5S/c1-3-11(2)14(16(23)21-7-4-12(5-8-21)15(18)22)20-17(24)19-13-6-9-27(25,26)10-13/h11-14H,3-10H2,1-2H3,(H2,18,22)(H2,19,20,24)/t11-,13?,14+/m0/s1. The third-order valence-corrected chi connectivity index (χ3v) is 7.31. The molecule has 2 aliphatic heterocycles. The van der Waals surface area contributed by atoms with E-state index in [-0.39, 0.29) is 35.2 Å². The van der Waals surface area contributed by atoms with Crippen molar-refractivity contribution in [2.75, 3.05) is 24.6 Å². The lowest BCUT2D eigenvalue weighted by Crippen LogP contribution is -2.56. The van der Waals surface area contributed by atoms with E-state index in [2.05, 4.69) is 10.6 Å². The van der Waals surface area contributed by atoms with Crippen LogP contribution in [0.5, 0.6) is 0 Å². The fourth-order valence-corrected chi connectivity index (χ4v) is 5.21. The normalized spacial score (nSPS) is 24.8. The highest BCUT2D eigenvalue weighted by Crippen LogP contribution is 2.20. The van der Waals surface area contributed by atoms with Crippen molar-refractivity contribution in [1.82, 2.24) is 15.5 Å². The van der Waals surface area contributed by atoms with Crippen LogP contribution in [0.4, 0.5) is 4.79 Å². The van der Waals surface area contributed by atoms with Crippen LogP contribution in [0.3, 0.4) is 0 Å². The van der Waals surface area contributed by atoms with Crippen LogP contribution in [0.15, 0.2) is 0 Å². The van der Waals surface area contributed by atoms with Gasteiger partial charge in [-0.3, -0.25) is 9.59 Å². The Hall–Kier alpha value is -1.84. The van der Waals surface area contributed by atoms with Gasteiger partial charge in [-0.1, -0.05) is 20.3 Å². The number of hydrogen-bond donors (Lipinski definition) is 3. The lowest BCUT2D eigenvalue weighted by molar-refractivity contribution is -0.137. The van der Waals surface area contributed by atoms with Crippen molar-refractivity contribution < 1.29 is 22.8 Å².